The molecule has 16 heavy (non-hydrogen) atoms. The Morgan fingerprint density at radius 2 is 2.19 bits per heavy atom. The van der Waals surface area contributed by atoms with Gasteiger partial charge in [0.25, 0.3) is 0 Å². The summed E-state index contributed by atoms with van der Waals surface area (Å²) in [6, 6.07) is 4.86. The first-order chi connectivity index (χ1) is 7.63. The number of halogens is 1. The van der Waals surface area contributed by atoms with Gasteiger partial charge in [0.2, 0.25) is 0 Å². The second-order valence-electron chi connectivity index (χ2n) is 3.57. The molecule has 0 amide bonds. The van der Waals surface area contributed by atoms with Gasteiger partial charge in [0.15, 0.2) is 0 Å². The summed E-state index contributed by atoms with van der Waals surface area (Å²) in [4.78, 5) is 0.990. The molecule has 1 heterocycles. The Morgan fingerprint density at radius 1 is 1.38 bits per heavy atom. The van der Waals surface area contributed by atoms with Crippen LogP contribution in [0.4, 0.5) is 10.1 Å². The van der Waals surface area contributed by atoms with Gasteiger partial charge in [-0.2, -0.15) is 5.10 Å². The third-order valence-corrected chi connectivity index (χ3v) is 2.79. The lowest BCUT2D eigenvalue weighted by molar-refractivity contribution is 0.627. The quantitative estimate of drug-likeness (QED) is 0.832. The van der Waals surface area contributed by atoms with Crippen LogP contribution in [0.1, 0.15) is 5.56 Å². The van der Waals surface area contributed by atoms with Crippen LogP contribution in [0, 0.1) is 12.7 Å². The van der Waals surface area contributed by atoms with Crippen LogP contribution in [-0.2, 0) is 7.05 Å². The zero-order chi connectivity index (χ0) is 11.5. The lowest BCUT2D eigenvalue weighted by atomic mass is 10.2. The Bertz CT molecular complexity index is 475. The highest BCUT2D eigenvalue weighted by molar-refractivity contribution is 8.00. The number of hydrogen-bond donors (Lipinski definition) is 1. The molecule has 1 N–H and O–H groups in total. The highest BCUT2D eigenvalue weighted by Gasteiger charge is 2.00. The maximum Gasteiger partial charge on any atom is 0.125 e. The molecule has 0 bridgehead atoms. The molecule has 0 saturated heterocycles. The van der Waals surface area contributed by atoms with E-state index >= 15 is 0 Å². The van der Waals surface area contributed by atoms with Crippen molar-refractivity contribution >= 4 is 17.6 Å². The predicted molar refractivity (Wildman–Crippen MR) is 63.8 cm³/mol. The van der Waals surface area contributed by atoms with E-state index in [0.717, 1.165) is 16.1 Å². The van der Waals surface area contributed by atoms with Crippen molar-refractivity contribution in [2.45, 2.75) is 11.8 Å². The highest BCUT2D eigenvalue weighted by atomic mass is 32.2. The Kier molecular flexibility index (Phi) is 3.14. The second kappa shape index (κ2) is 4.57. The smallest absolute Gasteiger partial charge is 0.125 e. The maximum absolute atomic E-state index is 13.1. The van der Waals surface area contributed by atoms with E-state index in [1.54, 1.807) is 10.9 Å². The average molecular weight is 237 g/mol. The van der Waals surface area contributed by atoms with Gasteiger partial charge in [0.1, 0.15) is 5.82 Å². The van der Waals surface area contributed by atoms with Crippen LogP contribution in [0.5, 0.6) is 0 Å². The molecule has 0 spiro atoms. The Labute approximate surface area is 97.8 Å². The summed E-state index contributed by atoms with van der Waals surface area (Å²) < 4.78 is 17.9. The normalized spacial score (nSPS) is 10.4. The minimum absolute atomic E-state index is 0.228. The van der Waals surface area contributed by atoms with Crippen LogP contribution in [0.15, 0.2) is 35.5 Å². The first-order valence-corrected chi connectivity index (χ1v) is 5.64. The number of rotatable bonds is 3. The number of aromatic nitrogens is 2. The second-order valence-corrected chi connectivity index (χ2v) is 4.45. The molecule has 0 aliphatic heterocycles. The van der Waals surface area contributed by atoms with Gasteiger partial charge in [-0.3, -0.25) is 4.68 Å². The molecule has 0 aliphatic rings. The molecule has 3 nitrogen and oxygen atoms in total. The fourth-order valence-electron chi connectivity index (χ4n) is 1.36. The fourth-order valence-corrected chi connectivity index (χ4v) is 2.02. The van der Waals surface area contributed by atoms with Gasteiger partial charge in [-0.25, -0.2) is 4.39 Å². The minimum Gasteiger partial charge on any atom is -0.325 e. The van der Waals surface area contributed by atoms with Crippen molar-refractivity contribution in [3.63, 3.8) is 0 Å². The van der Waals surface area contributed by atoms with Gasteiger partial charge in [-0.1, -0.05) is 0 Å². The number of benzene rings is 1. The summed E-state index contributed by atoms with van der Waals surface area (Å²) in [6.07, 6.45) is 3.65. The molecule has 2 rings (SSSR count). The number of anilines is 1. The summed E-state index contributed by atoms with van der Waals surface area (Å²) in [6.45, 7) is 1.86. The van der Waals surface area contributed by atoms with Crippen molar-refractivity contribution in [1.82, 2.24) is 9.78 Å². The first-order valence-electron chi connectivity index (χ1n) is 4.82. The third kappa shape index (κ3) is 2.76. The van der Waals surface area contributed by atoms with E-state index in [1.807, 2.05) is 26.2 Å². The lowest BCUT2D eigenvalue weighted by Crippen LogP contribution is -1.88. The third-order valence-electron chi connectivity index (χ3n) is 2.01. The van der Waals surface area contributed by atoms with Crippen LogP contribution in [0.2, 0.25) is 0 Å². The van der Waals surface area contributed by atoms with Gasteiger partial charge in [-0.15, -0.1) is 0 Å². The Hall–Kier alpha value is -1.49. The fraction of sp³-hybridized carbons (Fsp3) is 0.182. The molecule has 1 aromatic carbocycles. The van der Waals surface area contributed by atoms with Crippen molar-refractivity contribution < 1.29 is 4.39 Å². The molecule has 1 aromatic heterocycles. The Morgan fingerprint density at radius 3 is 2.81 bits per heavy atom. The molecule has 0 radical (unpaired) electrons. The first kappa shape index (κ1) is 11.0. The van der Waals surface area contributed by atoms with Crippen molar-refractivity contribution in [2.75, 3.05) is 4.72 Å². The SMILES string of the molecule is Cc1cc(F)cc(NSc2cnn(C)c2)c1. The van der Waals surface area contributed by atoms with Crippen molar-refractivity contribution in [1.29, 1.82) is 0 Å². The summed E-state index contributed by atoms with van der Waals surface area (Å²) in [5.41, 5.74) is 1.65. The van der Waals surface area contributed by atoms with Crippen molar-refractivity contribution in [3.8, 4) is 0 Å². The van der Waals surface area contributed by atoms with E-state index in [4.69, 9.17) is 0 Å². The monoisotopic (exact) mass is 237 g/mol. The molecular formula is C11H12FN3S. The zero-order valence-corrected chi connectivity index (χ0v) is 9.88. The van der Waals surface area contributed by atoms with E-state index in [-0.39, 0.29) is 5.82 Å². The van der Waals surface area contributed by atoms with Crippen molar-refractivity contribution in [3.05, 3.63) is 42.0 Å². The Balaban J connectivity index is 2.04. The van der Waals surface area contributed by atoms with Gasteiger partial charge in [0.05, 0.1) is 11.1 Å². The van der Waals surface area contributed by atoms with Crippen LogP contribution in [-0.4, -0.2) is 9.78 Å². The maximum atomic E-state index is 13.1. The molecule has 2 aromatic rings. The van der Waals surface area contributed by atoms with Crippen molar-refractivity contribution in [2.24, 2.45) is 7.05 Å². The largest absolute Gasteiger partial charge is 0.325 e. The summed E-state index contributed by atoms with van der Waals surface area (Å²) in [5.74, 6) is -0.228. The van der Waals surface area contributed by atoms with Crippen LogP contribution in [0.3, 0.4) is 0 Å². The van der Waals surface area contributed by atoms with Gasteiger partial charge < -0.3 is 4.72 Å². The van der Waals surface area contributed by atoms with E-state index in [2.05, 4.69) is 9.82 Å². The highest BCUT2D eigenvalue weighted by Crippen LogP contribution is 2.21. The standard InChI is InChI=1S/C11H12FN3S/c1-8-3-9(12)5-10(4-8)14-16-11-6-13-15(2)7-11/h3-7,14H,1-2H3. The summed E-state index contributed by atoms with van der Waals surface area (Å²) in [5, 5.41) is 4.05. The van der Waals surface area contributed by atoms with Crippen LogP contribution >= 0.6 is 11.9 Å². The van der Waals surface area contributed by atoms with E-state index in [0.29, 0.717) is 0 Å². The van der Waals surface area contributed by atoms with Gasteiger partial charge in [-0.05, 0) is 42.6 Å². The number of nitrogens with one attached hydrogen (secondary N) is 1. The van der Waals surface area contributed by atoms with E-state index < -0.39 is 0 Å². The minimum atomic E-state index is -0.228. The van der Waals surface area contributed by atoms with Crippen LogP contribution in [0.25, 0.3) is 0 Å². The van der Waals surface area contributed by atoms with Gasteiger partial charge in [0, 0.05) is 18.9 Å². The topological polar surface area (TPSA) is 29.9 Å². The number of hydrogen-bond acceptors (Lipinski definition) is 3. The zero-order valence-electron chi connectivity index (χ0n) is 9.07. The summed E-state index contributed by atoms with van der Waals surface area (Å²) in [7, 11) is 1.86. The van der Waals surface area contributed by atoms with E-state index in [9.17, 15) is 4.39 Å². The molecule has 0 aliphatic carbocycles. The number of aryl methyl sites for hydroxylation is 2. The average Bonchev–Trinajstić information content (AvgIpc) is 2.60. The molecule has 84 valence electrons. The molecule has 0 atom stereocenters. The summed E-state index contributed by atoms with van der Waals surface area (Å²) >= 11 is 1.41. The van der Waals surface area contributed by atoms with E-state index in [1.165, 1.54) is 24.1 Å². The van der Waals surface area contributed by atoms with Crippen LogP contribution < -0.4 is 4.72 Å². The van der Waals surface area contributed by atoms with Gasteiger partial charge >= 0.3 is 0 Å². The lowest BCUT2D eigenvalue weighted by Gasteiger charge is -2.04. The predicted octanol–water partition coefficient (Wildman–Crippen LogP) is 2.99. The molecular weight excluding hydrogens is 225 g/mol. The molecule has 0 unspecified atom stereocenters. The number of nitrogens with zero attached hydrogens (tertiary/aromatic N) is 2. The molecule has 5 heteroatoms. The molecule has 0 fully saturated rings. The molecule has 0 saturated carbocycles.